The maximum Gasteiger partial charge on any atom is 0.344 e. The van der Waals surface area contributed by atoms with Crippen molar-refractivity contribution in [2.24, 2.45) is 0 Å². The molecule has 0 aliphatic rings. The lowest BCUT2D eigenvalue weighted by Gasteiger charge is -2.15. The van der Waals surface area contributed by atoms with E-state index in [1.165, 1.54) is 7.11 Å². The SMILES string of the molecule is COc1cc(OC)c2oc(=O)c3c(C)cccc3c2c1OC. The second-order valence-electron chi connectivity index (χ2n) is 4.91. The molecule has 0 saturated heterocycles. The number of ether oxygens (including phenoxy) is 3. The minimum absolute atomic E-state index is 0.350. The van der Waals surface area contributed by atoms with Gasteiger partial charge in [-0.1, -0.05) is 18.2 Å². The molecular weight excluding hydrogens is 284 g/mol. The lowest BCUT2D eigenvalue weighted by molar-refractivity contribution is 0.351. The van der Waals surface area contributed by atoms with Gasteiger partial charge in [-0.25, -0.2) is 4.79 Å². The highest BCUT2D eigenvalue weighted by molar-refractivity contribution is 6.11. The standard InChI is InChI=1S/C17H16O5/c1-9-6-5-7-10-13(9)17(18)22-16-12(20-3)8-11(19-2)15(21-4)14(10)16/h5-8H,1-4H3. The van der Waals surface area contributed by atoms with E-state index in [1.807, 2.05) is 25.1 Å². The van der Waals surface area contributed by atoms with Gasteiger partial charge in [0.2, 0.25) is 0 Å². The van der Waals surface area contributed by atoms with Crippen LogP contribution in [0.15, 0.2) is 33.5 Å². The van der Waals surface area contributed by atoms with Gasteiger partial charge in [0.1, 0.15) is 0 Å². The van der Waals surface area contributed by atoms with Crippen molar-refractivity contribution in [3.05, 3.63) is 40.2 Å². The van der Waals surface area contributed by atoms with Gasteiger partial charge in [0.15, 0.2) is 22.8 Å². The lowest BCUT2D eigenvalue weighted by Crippen LogP contribution is -2.04. The molecule has 5 heteroatoms. The van der Waals surface area contributed by atoms with Gasteiger partial charge in [-0.2, -0.15) is 0 Å². The van der Waals surface area contributed by atoms with Gasteiger partial charge in [0, 0.05) is 11.5 Å². The number of hydrogen-bond acceptors (Lipinski definition) is 5. The molecule has 3 rings (SSSR count). The number of benzene rings is 2. The van der Waals surface area contributed by atoms with Crippen molar-refractivity contribution in [3.63, 3.8) is 0 Å². The van der Waals surface area contributed by atoms with Crippen molar-refractivity contribution < 1.29 is 18.6 Å². The fraction of sp³-hybridized carbons (Fsp3) is 0.235. The van der Waals surface area contributed by atoms with E-state index >= 15 is 0 Å². The van der Waals surface area contributed by atoms with Crippen molar-refractivity contribution in [1.29, 1.82) is 0 Å². The molecule has 0 bridgehead atoms. The summed E-state index contributed by atoms with van der Waals surface area (Å²) in [6, 6.07) is 7.27. The molecule has 3 aromatic rings. The Bertz CT molecular complexity index is 924. The van der Waals surface area contributed by atoms with E-state index in [4.69, 9.17) is 18.6 Å². The maximum atomic E-state index is 12.3. The number of methoxy groups -OCH3 is 3. The number of rotatable bonds is 3. The largest absolute Gasteiger partial charge is 0.493 e. The molecule has 22 heavy (non-hydrogen) atoms. The zero-order valence-corrected chi connectivity index (χ0v) is 12.9. The molecule has 1 aromatic heterocycles. The van der Waals surface area contributed by atoms with Crippen molar-refractivity contribution in [1.82, 2.24) is 0 Å². The van der Waals surface area contributed by atoms with Crippen LogP contribution < -0.4 is 19.8 Å². The zero-order chi connectivity index (χ0) is 15.9. The Kier molecular flexibility index (Phi) is 3.41. The van der Waals surface area contributed by atoms with Gasteiger partial charge in [-0.3, -0.25) is 0 Å². The summed E-state index contributed by atoms with van der Waals surface area (Å²) in [5.74, 6) is 1.45. The molecule has 0 N–H and O–H groups in total. The summed E-state index contributed by atoms with van der Waals surface area (Å²) < 4.78 is 21.7. The number of fused-ring (bicyclic) bond motifs is 3. The van der Waals surface area contributed by atoms with Crippen LogP contribution in [0.1, 0.15) is 5.56 Å². The highest BCUT2D eigenvalue weighted by atomic mass is 16.5. The smallest absolute Gasteiger partial charge is 0.344 e. The first-order valence-corrected chi connectivity index (χ1v) is 6.77. The first-order valence-electron chi connectivity index (χ1n) is 6.77. The van der Waals surface area contributed by atoms with Crippen LogP contribution in [0.3, 0.4) is 0 Å². The van der Waals surface area contributed by atoms with Gasteiger partial charge in [0.25, 0.3) is 0 Å². The van der Waals surface area contributed by atoms with Crippen LogP contribution in [0.4, 0.5) is 0 Å². The van der Waals surface area contributed by atoms with Crippen molar-refractivity contribution in [2.45, 2.75) is 6.92 Å². The van der Waals surface area contributed by atoms with Crippen LogP contribution in [-0.2, 0) is 0 Å². The van der Waals surface area contributed by atoms with Crippen LogP contribution in [0.25, 0.3) is 21.7 Å². The summed E-state index contributed by atoms with van der Waals surface area (Å²) in [6.07, 6.45) is 0. The topological polar surface area (TPSA) is 57.9 Å². The molecule has 0 amide bonds. The monoisotopic (exact) mass is 300 g/mol. The average molecular weight is 300 g/mol. The second kappa shape index (κ2) is 5.26. The predicted octanol–water partition coefficient (Wildman–Crippen LogP) is 3.28. The Labute approximate surface area is 127 Å². The summed E-state index contributed by atoms with van der Waals surface area (Å²) in [4.78, 5) is 12.3. The third kappa shape index (κ3) is 1.89. The molecule has 0 radical (unpaired) electrons. The van der Waals surface area contributed by atoms with Crippen LogP contribution in [0.5, 0.6) is 17.2 Å². The summed E-state index contributed by atoms with van der Waals surface area (Å²) in [5, 5.41) is 1.95. The fourth-order valence-electron chi connectivity index (χ4n) is 2.74. The summed E-state index contributed by atoms with van der Waals surface area (Å²) in [6.45, 7) is 1.87. The predicted molar refractivity (Wildman–Crippen MR) is 84.4 cm³/mol. The molecule has 0 unspecified atom stereocenters. The Morgan fingerprint density at radius 2 is 1.68 bits per heavy atom. The molecule has 0 saturated carbocycles. The van der Waals surface area contributed by atoms with Crippen molar-refractivity contribution in [3.8, 4) is 17.2 Å². The number of aryl methyl sites for hydroxylation is 1. The zero-order valence-electron chi connectivity index (χ0n) is 12.9. The van der Waals surface area contributed by atoms with E-state index in [0.717, 1.165) is 10.9 Å². The Morgan fingerprint density at radius 3 is 2.32 bits per heavy atom. The summed E-state index contributed by atoms with van der Waals surface area (Å²) in [7, 11) is 4.62. The molecule has 0 atom stereocenters. The second-order valence-corrected chi connectivity index (χ2v) is 4.91. The number of hydrogen-bond donors (Lipinski definition) is 0. The Balaban J connectivity index is 2.67. The molecule has 1 heterocycles. The van der Waals surface area contributed by atoms with Crippen LogP contribution in [0.2, 0.25) is 0 Å². The van der Waals surface area contributed by atoms with E-state index in [9.17, 15) is 4.79 Å². The first kappa shape index (κ1) is 14.3. The molecule has 5 nitrogen and oxygen atoms in total. The Morgan fingerprint density at radius 1 is 0.955 bits per heavy atom. The van der Waals surface area contributed by atoms with E-state index in [2.05, 4.69) is 0 Å². The quantitative estimate of drug-likeness (QED) is 0.549. The normalized spacial score (nSPS) is 10.9. The Hall–Kier alpha value is -2.69. The average Bonchev–Trinajstić information content (AvgIpc) is 2.53. The van der Waals surface area contributed by atoms with Crippen LogP contribution in [0, 0.1) is 6.92 Å². The molecule has 0 aliphatic carbocycles. The maximum absolute atomic E-state index is 12.3. The molecule has 0 aliphatic heterocycles. The van der Waals surface area contributed by atoms with Crippen LogP contribution in [-0.4, -0.2) is 21.3 Å². The van der Waals surface area contributed by atoms with Gasteiger partial charge in [0.05, 0.1) is 32.1 Å². The highest BCUT2D eigenvalue weighted by Gasteiger charge is 2.20. The molecule has 0 spiro atoms. The molecule has 0 fully saturated rings. The third-order valence-corrected chi connectivity index (χ3v) is 3.75. The van der Waals surface area contributed by atoms with Gasteiger partial charge < -0.3 is 18.6 Å². The van der Waals surface area contributed by atoms with Gasteiger partial charge in [-0.15, -0.1) is 0 Å². The van der Waals surface area contributed by atoms with Crippen LogP contribution >= 0.6 is 0 Å². The highest BCUT2D eigenvalue weighted by Crippen LogP contribution is 2.43. The van der Waals surface area contributed by atoms with E-state index in [1.54, 1.807) is 20.3 Å². The fourth-order valence-corrected chi connectivity index (χ4v) is 2.74. The summed E-state index contributed by atoms with van der Waals surface area (Å²) >= 11 is 0. The minimum Gasteiger partial charge on any atom is -0.493 e. The first-order chi connectivity index (χ1) is 10.6. The molecular formula is C17H16O5. The molecule has 114 valence electrons. The lowest BCUT2D eigenvalue weighted by atomic mass is 10.0. The van der Waals surface area contributed by atoms with Crippen molar-refractivity contribution in [2.75, 3.05) is 21.3 Å². The van der Waals surface area contributed by atoms with E-state index < -0.39 is 5.63 Å². The third-order valence-electron chi connectivity index (χ3n) is 3.75. The van der Waals surface area contributed by atoms with E-state index in [0.29, 0.717) is 33.6 Å². The van der Waals surface area contributed by atoms with E-state index in [-0.39, 0.29) is 0 Å². The molecule has 2 aromatic carbocycles. The summed E-state index contributed by atoms with van der Waals surface area (Å²) in [5.41, 5.74) is 0.798. The van der Waals surface area contributed by atoms with Crippen molar-refractivity contribution >= 4 is 21.7 Å². The van der Waals surface area contributed by atoms with Gasteiger partial charge >= 0.3 is 5.63 Å². The minimum atomic E-state index is -0.397. The van der Waals surface area contributed by atoms with Gasteiger partial charge in [-0.05, 0) is 12.5 Å².